The average Bonchev–Trinajstić information content (AvgIpc) is 3.05. The van der Waals surface area contributed by atoms with E-state index in [1.54, 1.807) is 24.3 Å². The van der Waals surface area contributed by atoms with E-state index in [0.29, 0.717) is 23.1 Å². The monoisotopic (exact) mass is 330 g/mol. The van der Waals surface area contributed by atoms with Gasteiger partial charge < -0.3 is 5.32 Å². The van der Waals surface area contributed by atoms with Crippen LogP contribution in [0.15, 0.2) is 54.7 Å². The Bertz CT molecular complexity index is 964. The second-order valence-electron chi connectivity index (χ2n) is 5.45. The van der Waals surface area contributed by atoms with Gasteiger partial charge in [0.25, 0.3) is 5.91 Å². The van der Waals surface area contributed by atoms with Gasteiger partial charge >= 0.3 is 0 Å². The van der Waals surface area contributed by atoms with E-state index in [4.69, 9.17) is 5.26 Å². The van der Waals surface area contributed by atoms with Gasteiger partial charge in [0.1, 0.15) is 5.69 Å². The Kier molecular flexibility index (Phi) is 4.40. The van der Waals surface area contributed by atoms with Gasteiger partial charge in [-0.05, 0) is 43.3 Å². The fourth-order valence-corrected chi connectivity index (χ4v) is 2.35. The lowest BCUT2D eigenvalue weighted by Gasteiger charge is -2.06. The first-order valence-corrected chi connectivity index (χ1v) is 7.54. The number of carbonyl (C=O) groups is 2. The van der Waals surface area contributed by atoms with Crippen LogP contribution in [-0.2, 0) is 0 Å². The predicted molar refractivity (Wildman–Crippen MR) is 92.8 cm³/mol. The van der Waals surface area contributed by atoms with Gasteiger partial charge in [0, 0.05) is 5.56 Å². The molecule has 0 spiro atoms. The number of hydrogen-bond donors (Lipinski definition) is 1. The van der Waals surface area contributed by atoms with E-state index in [-0.39, 0.29) is 11.6 Å². The topological polar surface area (TPSA) is 87.8 Å². The summed E-state index contributed by atoms with van der Waals surface area (Å²) >= 11 is 0. The molecule has 1 amide bonds. The maximum atomic E-state index is 12.3. The zero-order chi connectivity index (χ0) is 17.8. The van der Waals surface area contributed by atoms with Crippen LogP contribution >= 0.6 is 0 Å². The Hall–Kier alpha value is -3.72. The quantitative estimate of drug-likeness (QED) is 0.745. The van der Waals surface area contributed by atoms with Crippen LogP contribution < -0.4 is 5.32 Å². The van der Waals surface area contributed by atoms with Gasteiger partial charge in [-0.3, -0.25) is 9.59 Å². The maximum Gasteiger partial charge on any atom is 0.255 e. The molecule has 0 atom stereocenters. The molecule has 0 unspecified atom stereocenters. The lowest BCUT2D eigenvalue weighted by Crippen LogP contribution is -2.13. The molecule has 0 saturated heterocycles. The SMILES string of the molecule is Cc1ccc(-n2ncc(NC(=O)c3ccc(C#N)cc3)c2C=O)cc1. The second kappa shape index (κ2) is 6.81. The molecule has 0 fully saturated rings. The molecule has 122 valence electrons. The van der Waals surface area contributed by atoms with E-state index in [0.717, 1.165) is 11.3 Å². The van der Waals surface area contributed by atoms with Crippen LogP contribution in [0.1, 0.15) is 32.0 Å². The van der Waals surface area contributed by atoms with Gasteiger partial charge in [-0.1, -0.05) is 17.7 Å². The minimum absolute atomic E-state index is 0.255. The fourth-order valence-electron chi connectivity index (χ4n) is 2.35. The Morgan fingerprint density at radius 2 is 1.84 bits per heavy atom. The van der Waals surface area contributed by atoms with Gasteiger partial charge in [0.05, 0.1) is 29.2 Å². The number of hydrogen-bond acceptors (Lipinski definition) is 4. The van der Waals surface area contributed by atoms with Gasteiger partial charge in [-0.2, -0.15) is 10.4 Å². The van der Waals surface area contributed by atoms with E-state index < -0.39 is 0 Å². The third-order valence-electron chi connectivity index (χ3n) is 3.72. The molecule has 0 saturated carbocycles. The Balaban J connectivity index is 1.87. The highest BCUT2D eigenvalue weighted by molar-refractivity contribution is 6.06. The summed E-state index contributed by atoms with van der Waals surface area (Å²) in [6, 6.07) is 15.8. The normalized spacial score (nSPS) is 10.1. The number of benzene rings is 2. The van der Waals surface area contributed by atoms with E-state index >= 15 is 0 Å². The van der Waals surface area contributed by atoms with Crippen molar-refractivity contribution in [1.29, 1.82) is 5.26 Å². The second-order valence-corrected chi connectivity index (χ2v) is 5.45. The summed E-state index contributed by atoms with van der Waals surface area (Å²) in [7, 11) is 0. The maximum absolute atomic E-state index is 12.3. The molecule has 0 aliphatic rings. The third kappa shape index (κ3) is 3.31. The van der Waals surface area contributed by atoms with Crippen LogP contribution in [0.5, 0.6) is 0 Å². The van der Waals surface area contributed by atoms with E-state index in [2.05, 4.69) is 10.4 Å². The van der Waals surface area contributed by atoms with Gasteiger partial charge in [-0.25, -0.2) is 4.68 Å². The largest absolute Gasteiger partial charge is 0.319 e. The van der Waals surface area contributed by atoms with Gasteiger partial charge in [0.2, 0.25) is 0 Å². The van der Waals surface area contributed by atoms with Crippen molar-refractivity contribution >= 4 is 17.9 Å². The number of rotatable bonds is 4. The van der Waals surface area contributed by atoms with Crippen LogP contribution in [-0.4, -0.2) is 22.0 Å². The standard InChI is InChI=1S/C19H14N4O2/c1-13-2-8-16(9-3-13)23-18(12-24)17(11-21-23)22-19(25)15-6-4-14(10-20)5-7-15/h2-9,11-12H,1H3,(H,22,25). The Morgan fingerprint density at radius 3 is 2.44 bits per heavy atom. The van der Waals surface area contributed by atoms with Crippen molar-refractivity contribution in [3.05, 3.63) is 77.1 Å². The summed E-state index contributed by atoms with van der Waals surface area (Å²) in [5, 5.41) is 15.7. The first-order valence-electron chi connectivity index (χ1n) is 7.54. The molecule has 1 aromatic heterocycles. The van der Waals surface area contributed by atoms with Crippen LogP contribution in [0.3, 0.4) is 0 Å². The molecule has 0 bridgehead atoms. The number of anilines is 1. The number of carbonyl (C=O) groups excluding carboxylic acids is 2. The third-order valence-corrected chi connectivity index (χ3v) is 3.72. The molecule has 3 aromatic rings. The summed E-state index contributed by atoms with van der Waals surface area (Å²) in [5.41, 5.74) is 3.26. The van der Waals surface area contributed by atoms with Crippen molar-refractivity contribution in [3.8, 4) is 11.8 Å². The molecule has 0 aliphatic heterocycles. The molecule has 0 radical (unpaired) electrons. The summed E-state index contributed by atoms with van der Waals surface area (Å²) in [6.07, 6.45) is 2.09. The highest BCUT2D eigenvalue weighted by Crippen LogP contribution is 2.19. The molecular formula is C19H14N4O2. The first-order chi connectivity index (χ1) is 12.1. The molecule has 1 N–H and O–H groups in total. The highest BCUT2D eigenvalue weighted by atomic mass is 16.1. The van der Waals surface area contributed by atoms with Crippen molar-refractivity contribution < 1.29 is 9.59 Å². The zero-order valence-corrected chi connectivity index (χ0v) is 13.4. The smallest absolute Gasteiger partial charge is 0.255 e. The summed E-state index contributed by atoms with van der Waals surface area (Å²) in [6.45, 7) is 1.97. The van der Waals surface area contributed by atoms with E-state index in [1.807, 2.05) is 37.3 Å². The Morgan fingerprint density at radius 1 is 1.16 bits per heavy atom. The molecule has 25 heavy (non-hydrogen) atoms. The van der Waals surface area contributed by atoms with Crippen molar-refractivity contribution in [2.75, 3.05) is 5.32 Å². The number of nitrogens with zero attached hydrogens (tertiary/aromatic N) is 3. The summed E-state index contributed by atoms with van der Waals surface area (Å²) in [5.74, 6) is -0.379. The van der Waals surface area contributed by atoms with Crippen LogP contribution in [0.4, 0.5) is 5.69 Å². The van der Waals surface area contributed by atoms with E-state index in [1.165, 1.54) is 10.9 Å². The van der Waals surface area contributed by atoms with Crippen molar-refractivity contribution in [2.45, 2.75) is 6.92 Å². The van der Waals surface area contributed by atoms with Crippen molar-refractivity contribution in [2.24, 2.45) is 0 Å². The minimum atomic E-state index is -0.379. The number of aromatic nitrogens is 2. The van der Waals surface area contributed by atoms with E-state index in [9.17, 15) is 9.59 Å². The summed E-state index contributed by atoms with van der Waals surface area (Å²) < 4.78 is 1.47. The lowest BCUT2D eigenvalue weighted by atomic mass is 10.1. The number of aldehydes is 1. The average molecular weight is 330 g/mol. The van der Waals surface area contributed by atoms with Crippen molar-refractivity contribution in [1.82, 2.24) is 9.78 Å². The molecule has 6 heteroatoms. The van der Waals surface area contributed by atoms with Crippen LogP contribution in [0, 0.1) is 18.3 Å². The first kappa shape index (κ1) is 16.1. The molecule has 0 aliphatic carbocycles. The molecule has 6 nitrogen and oxygen atoms in total. The van der Waals surface area contributed by atoms with Gasteiger partial charge in [-0.15, -0.1) is 0 Å². The highest BCUT2D eigenvalue weighted by Gasteiger charge is 2.15. The number of nitriles is 1. The predicted octanol–water partition coefficient (Wildman–Crippen LogP) is 3.12. The Labute approximate surface area is 144 Å². The zero-order valence-electron chi connectivity index (χ0n) is 13.4. The summed E-state index contributed by atoms with van der Waals surface area (Å²) in [4.78, 5) is 23.8. The minimum Gasteiger partial charge on any atom is -0.319 e. The molecule has 2 aromatic carbocycles. The number of aryl methyl sites for hydroxylation is 1. The van der Waals surface area contributed by atoms with Crippen molar-refractivity contribution in [3.63, 3.8) is 0 Å². The number of amides is 1. The molecular weight excluding hydrogens is 316 g/mol. The molecule has 3 rings (SSSR count). The molecule has 1 heterocycles. The fraction of sp³-hybridized carbons (Fsp3) is 0.0526. The lowest BCUT2D eigenvalue weighted by molar-refractivity contribution is 0.102. The van der Waals surface area contributed by atoms with Crippen LogP contribution in [0.25, 0.3) is 5.69 Å². The van der Waals surface area contributed by atoms with Gasteiger partial charge in [0.15, 0.2) is 6.29 Å². The number of nitrogens with one attached hydrogen (secondary N) is 1. The van der Waals surface area contributed by atoms with Crippen LogP contribution in [0.2, 0.25) is 0 Å².